The summed E-state index contributed by atoms with van der Waals surface area (Å²) in [4.78, 5) is 8.84. The molecule has 1 fully saturated rings. The predicted octanol–water partition coefficient (Wildman–Crippen LogP) is 3.04. The van der Waals surface area contributed by atoms with E-state index in [-0.39, 0.29) is 0 Å². The molecule has 0 bridgehead atoms. The molecule has 0 radical (unpaired) electrons. The van der Waals surface area contributed by atoms with Gasteiger partial charge in [-0.05, 0) is 28.8 Å². The third-order valence-corrected chi connectivity index (χ3v) is 3.82. The van der Waals surface area contributed by atoms with Gasteiger partial charge in [0.25, 0.3) is 0 Å². The Morgan fingerprint density at radius 1 is 1.33 bits per heavy atom. The normalized spacial score (nSPS) is 17.2. The minimum Gasteiger partial charge on any atom is -0.383 e. The third kappa shape index (κ3) is 2.14. The van der Waals surface area contributed by atoms with Crippen molar-refractivity contribution in [1.82, 2.24) is 9.97 Å². The molecule has 0 unspecified atom stereocenters. The summed E-state index contributed by atoms with van der Waals surface area (Å²) in [5, 5.41) is 0. The Labute approximate surface area is 98.6 Å². The van der Waals surface area contributed by atoms with Crippen molar-refractivity contribution in [2.45, 2.75) is 44.9 Å². The van der Waals surface area contributed by atoms with E-state index in [2.05, 4.69) is 32.8 Å². The van der Waals surface area contributed by atoms with E-state index in [9.17, 15) is 0 Å². The Bertz CT molecular complexity index is 359. The highest BCUT2D eigenvalue weighted by Crippen LogP contribution is 2.37. The van der Waals surface area contributed by atoms with Crippen LogP contribution in [0.3, 0.4) is 0 Å². The Hall–Kier alpha value is -0.640. The maximum atomic E-state index is 5.87. The molecule has 0 aromatic carbocycles. The smallest absolute Gasteiger partial charge is 0.141 e. The molecule has 1 aromatic rings. The van der Waals surface area contributed by atoms with Crippen molar-refractivity contribution < 1.29 is 0 Å². The molecular formula is C11H16BrN3. The first-order valence-electron chi connectivity index (χ1n) is 5.54. The van der Waals surface area contributed by atoms with Crippen molar-refractivity contribution >= 4 is 21.7 Å². The number of hydrogen-bond donors (Lipinski definition) is 1. The molecule has 1 saturated carbocycles. The second kappa shape index (κ2) is 4.47. The van der Waals surface area contributed by atoms with Crippen molar-refractivity contribution in [2.75, 3.05) is 5.73 Å². The lowest BCUT2D eigenvalue weighted by molar-refractivity contribution is 0.681. The second-order valence-corrected chi connectivity index (χ2v) is 4.85. The lowest BCUT2D eigenvalue weighted by Crippen LogP contribution is -2.07. The summed E-state index contributed by atoms with van der Waals surface area (Å²) in [5.74, 6) is 2.02. The molecule has 1 heterocycles. The molecule has 1 aliphatic rings. The van der Waals surface area contributed by atoms with Crippen LogP contribution in [-0.4, -0.2) is 9.97 Å². The van der Waals surface area contributed by atoms with Gasteiger partial charge in [-0.2, -0.15) is 0 Å². The summed E-state index contributed by atoms with van der Waals surface area (Å²) in [5.41, 5.74) is 6.99. The number of nitrogens with two attached hydrogens (primary N) is 1. The highest BCUT2D eigenvalue weighted by molar-refractivity contribution is 9.10. The number of nitrogen functional groups attached to an aromatic ring is 1. The average Bonchev–Trinajstić information content (AvgIpc) is 2.75. The van der Waals surface area contributed by atoms with E-state index in [1.807, 2.05) is 0 Å². The van der Waals surface area contributed by atoms with Gasteiger partial charge in [0.1, 0.15) is 11.6 Å². The largest absolute Gasteiger partial charge is 0.383 e. The first kappa shape index (κ1) is 10.9. The van der Waals surface area contributed by atoms with Gasteiger partial charge in [-0.15, -0.1) is 0 Å². The number of anilines is 1. The molecular weight excluding hydrogens is 254 g/mol. The van der Waals surface area contributed by atoms with Crippen molar-refractivity contribution in [1.29, 1.82) is 0 Å². The third-order valence-electron chi connectivity index (χ3n) is 3.01. The molecule has 82 valence electrons. The van der Waals surface area contributed by atoms with Crippen LogP contribution < -0.4 is 5.73 Å². The first-order chi connectivity index (χ1) is 7.22. The van der Waals surface area contributed by atoms with Gasteiger partial charge in [-0.25, -0.2) is 9.97 Å². The summed E-state index contributed by atoms with van der Waals surface area (Å²) in [6.07, 6.45) is 5.93. The molecule has 1 aromatic heterocycles. The maximum Gasteiger partial charge on any atom is 0.141 e. The van der Waals surface area contributed by atoms with Crippen LogP contribution in [0.5, 0.6) is 0 Å². The second-order valence-electron chi connectivity index (χ2n) is 4.06. The fourth-order valence-corrected chi connectivity index (χ4v) is 2.66. The van der Waals surface area contributed by atoms with E-state index >= 15 is 0 Å². The minimum atomic E-state index is 0.579. The summed E-state index contributed by atoms with van der Waals surface area (Å²) >= 11 is 3.50. The van der Waals surface area contributed by atoms with Crippen molar-refractivity contribution in [3.63, 3.8) is 0 Å². The number of nitrogens with zero attached hydrogens (tertiary/aromatic N) is 2. The van der Waals surface area contributed by atoms with Gasteiger partial charge >= 0.3 is 0 Å². The lowest BCUT2D eigenvalue weighted by Gasteiger charge is -2.13. The van der Waals surface area contributed by atoms with E-state index in [0.717, 1.165) is 22.4 Å². The molecule has 0 amide bonds. The van der Waals surface area contributed by atoms with Gasteiger partial charge in [0.05, 0.1) is 10.2 Å². The topological polar surface area (TPSA) is 51.8 Å². The summed E-state index contributed by atoms with van der Waals surface area (Å²) in [7, 11) is 0. The molecule has 15 heavy (non-hydrogen) atoms. The number of rotatable bonds is 2. The highest BCUT2D eigenvalue weighted by atomic mass is 79.9. The van der Waals surface area contributed by atoms with Gasteiger partial charge < -0.3 is 5.73 Å². The fourth-order valence-electron chi connectivity index (χ4n) is 2.16. The predicted molar refractivity (Wildman–Crippen MR) is 64.7 cm³/mol. The molecule has 0 aliphatic heterocycles. The van der Waals surface area contributed by atoms with Crippen LogP contribution in [0.15, 0.2) is 4.47 Å². The van der Waals surface area contributed by atoms with Crippen LogP contribution >= 0.6 is 15.9 Å². The fraction of sp³-hybridized carbons (Fsp3) is 0.636. The van der Waals surface area contributed by atoms with Crippen molar-refractivity contribution in [3.05, 3.63) is 16.0 Å². The maximum absolute atomic E-state index is 5.87. The number of halogens is 1. The molecule has 0 saturated heterocycles. The van der Waals surface area contributed by atoms with Gasteiger partial charge in [-0.3, -0.25) is 0 Å². The number of hydrogen-bond acceptors (Lipinski definition) is 3. The Kier molecular flexibility index (Phi) is 3.24. The van der Waals surface area contributed by atoms with Gasteiger partial charge in [0.15, 0.2) is 0 Å². The monoisotopic (exact) mass is 269 g/mol. The van der Waals surface area contributed by atoms with Gasteiger partial charge in [0, 0.05) is 12.3 Å². The zero-order valence-corrected chi connectivity index (χ0v) is 10.5. The van der Waals surface area contributed by atoms with Crippen molar-refractivity contribution in [2.24, 2.45) is 0 Å². The molecule has 2 rings (SSSR count). The molecule has 3 nitrogen and oxygen atoms in total. The van der Waals surface area contributed by atoms with Crippen LogP contribution in [0.1, 0.15) is 50.0 Å². The Balaban J connectivity index is 2.39. The van der Waals surface area contributed by atoms with E-state index in [1.54, 1.807) is 0 Å². The summed E-state index contributed by atoms with van der Waals surface area (Å²) in [6.45, 7) is 2.06. The van der Waals surface area contributed by atoms with Crippen LogP contribution in [-0.2, 0) is 6.42 Å². The van der Waals surface area contributed by atoms with E-state index in [1.165, 1.54) is 25.7 Å². The van der Waals surface area contributed by atoms with E-state index in [4.69, 9.17) is 5.73 Å². The quantitative estimate of drug-likeness (QED) is 0.898. The highest BCUT2D eigenvalue weighted by Gasteiger charge is 2.22. The minimum absolute atomic E-state index is 0.579. The van der Waals surface area contributed by atoms with E-state index < -0.39 is 0 Å². The number of aryl methyl sites for hydroxylation is 1. The van der Waals surface area contributed by atoms with Gasteiger partial charge in [-0.1, -0.05) is 19.8 Å². The molecule has 0 spiro atoms. The average molecular weight is 270 g/mol. The lowest BCUT2D eigenvalue weighted by atomic mass is 10.0. The van der Waals surface area contributed by atoms with E-state index in [0.29, 0.717) is 11.7 Å². The zero-order chi connectivity index (χ0) is 10.8. The van der Waals surface area contributed by atoms with Crippen LogP contribution in [0.2, 0.25) is 0 Å². The summed E-state index contributed by atoms with van der Waals surface area (Å²) in [6, 6.07) is 0. The molecule has 4 heteroatoms. The standard InChI is InChI=1S/C11H16BrN3/c1-2-8-14-10(7-5-3-4-6-7)9(12)11(13)15-8/h7H,2-6H2,1H3,(H2,13,14,15). The van der Waals surface area contributed by atoms with Gasteiger partial charge in [0.2, 0.25) is 0 Å². The van der Waals surface area contributed by atoms with Crippen molar-refractivity contribution in [3.8, 4) is 0 Å². The summed E-state index contributed by atoms with van der Waals surface area (Å²) < 4.78 is 0.909. The van der Waals surface area contributed by atoms with Crippen LogP contribution in [0.25, 0.3) is 0 Å². The van der Waals surface area contributed by atoms with Crippen LogP contribution in [0, 0.1) is 0 Å². The Morgan fingerprint density at radius 2 is 2.00 bits per heavy atom. The zero-order valence-electron chi connectivity index (χ0n) is 8.96. The molecule has 1 aliphatic carbocycles. The molecule has 0 atom stereocenters. The first-order valence-corrected chi connectivity index (χ1v) is 6.33. The SMILES string of the molecule is CCc1nc(N)c(Br)c(C2CCCC2)n1. The Morgan fingerprint density at radius 3 is 2.60 bits per heavy atom. The number of aromatic nitrogens is 2. The van der Waals surface area contributed by atoms with Crippen LogP contribution in [0.4, 0.5) is 5.82 Å². The molecule has 2 N–H and O–H groups in total.